The Hall–Kier alpha value is -3.85. The minimum absolute atomic E-state index is 0.00820. The molecule has 0 atom stereocenters. The highest BCUT2D eigenvalue weighted by Crippen LogP contribution is 2.44. The van der Waals surface area contributed by atoms with Gasteiger partial charge in [-0.05, 0) is 34.4 Å². The predicted molar refractivity (Wildman–Crippen MR) is 113 cm³/mol. The molecule has 0 fully saturated rings. The smallest absolute Gasteiger partial charge is 0.407 e. The van der Waals surface area contributed by atoms with Gasteiger partial charge in [-0.15, -0.1) is 0 Å². The van der Waals surface area contributed by atoms with Crippen LogP contribution >= 0.6 is 0 Å². The Bertz CT molecular complexity index is 1100. The summed E-state index contributed by atoms with van der Waals surface area (Å²) < 4.78 is 34.8. The molecule has 1 aliphatic rings. The largest absolute Gasteiger partial charge is 0.449 e. The number of amides is 1. The lowest BCUT2D eigenvalue weighted by Crippen LogP contribution is -2.26. The lowest BCUT2D eigenvalue weighted by molar-refractivity contribution is -0.0500. The van der Waals surface area contributed by atoms with Gasteiger partial charge < -0.3 is 14.8 Å². The third-order valence-electron chi connectivity index (χ3n) is 4.99. The molecular weight excluding hydrogens is 400 g/mol. The van der Waals surface area contributed by atoms with Crippen LogP contribution < -0.4 is 10.1 Å². The second-order valence-corrected chi connectivity index (χ2v) is 6.86. The standard InChI is InChI=1S/C25H19F2NO3/c26-24(27)31-23-14-6-1-8-17(23)9-7-15-28-25(29)30-16-22-20-12-4-2-10-18(20)19-11-3-5-13-21(19)22/h1-6,8,10-14,22,24H,15-16H2,(H,28,29). The average molecular weight is 419 g/mol. The summed E-state index contributed by atoms with van der Waals surface area (Å²) in [4.78, 5) is 12.1. The summed E-state index contributed by atoms with van der Waals surface area (Å²) in [5, 5.41) is 2.56. The highest BCUT2D eigenvalue weighted by Gasteiger charge is 2.28. The van der Waals surface area contributed by atoms with Gasteiger partial charge in [0, 0.05) is 5.92 Å². The summed E-state index contributed by atoms with van der Waals surface area (Å²) in [5.74, 6) is 5.40. The molecule has 1 N–H and O–H groups in total. The van der Waals surface area contributed by atoms with Crippen molar-refractivity contribution in [2.75, 3.05) is 13.2 Å². The Morgan fingerprint density at radius 3 is 2.23 bits per heavy atom. The van der Waals surface area contributed by atoms with Crippen molar-refractivity contribution in [2.24, 2.45) is 0 Å². The molecule has 1 amide bonds. The van der Waals surface area contributed by atoms with E-state index in [9.17, 15) is 13.6 Å². The van der Waals surface area contributed by atoms with E-state index in [-0.39, 0.29) is 24.8 Å². The van der Waals surface area contributed by atoms with Crippen LogP contribution in [-0.2, 0) is 4.74 Å². The third-order valence-corrected chi connectivity index (χ3v) is 4.99. The molecule has 156 valence electrons. The van der Waals surface area contributed by atoms with E-state index in [0.29, 0.717) is 5.56 Å². The number of benzene rings is 3. The van der Waals surface area contributed by atoms with E-state index in [1.807, 2.05) is 36.4 Å². The van der Waals surface area contributed by atoms with Crippen molar-refractivity contribution in [2.45, 2.75) is 12.5 Å². The first kappa shape index (κ1) is 20.4. The van der Waals surface area contributed by atoms with Crippen molar-refractivity contribution in [3.05, 3.63) is 89.5 Å². The summed E-state index contributed by atoms with van der Waals surface area (Å²) in [6.07, 6.45) is -0.590. The summed E-state index contributed by atoms with van der Waals surface area (Å²) >= 11 is 0. The van der Waals surface area contributed by atoms with Gasteiger partial charge in [0.1, 0.15) is 12.4 Å². The maximum atomic E-state index is 12.4. The second-order valence-electron chi connectivity index (χ2n) is 6.86. The van der Waals surface area contributed by atoms with E-state index in [4.69, 9.17) is 4.74 Å². The van der Waals surface area contributed by atoms with Crippen molar-refractivity contribution in [3.8, 4) is 28.7 Å². The van der Waals surface area contributed by atoms with Crippen LogP contribution in [-0.4, -0.2) is 25.9 Å². The highest BCUT2D eigenvalue weighted by molar-refractivity contribution is 5.79. The maximum Gasteiger partial charge on any atom is 0.407 e. The summed E-state index contributed by atoms with van der Waals surface area (Å²) in [6.45, 7) is -2.71. The van der Waals surface area contributed by atoms with Crippen molar-refractivity contribution in [1.29, 1.82) is 0 Å². The van der Waals surface area contributed by atoms with Gasteiger partial charge in [-0.25, -0.2) is 4.79 Å². The Balaban J connectivity index is 1.34. The molecular formula is C25H19F2NO3. The van der Waals surface area contributed by atoms with Gasteiger partial charge in [0.25, 0.3) is 0 Å². The number of para-hydroxylation sites is 1. The van der Waals surface area contributed by atoms with Crippen LogP contribution in [0.3, 0.4) is 0 Å². The second kappa shape index (κ2) is 9.31. The summed E-state index contributed by atoms with van der Waals surface area (Å²) in [7, 11) is 0. The molecule has 0 unspecified atom stereocenters. The molecule has 0 radical (unpaired) electrons. The Morgan fingerprint density at radius 2 is 1.55 bits per heavy atom. The molecule has 3 aromatic rings. The number of fused-ring (bicyclic) bond motifs is 3. The van der Waals surface area contributed by atoms with Crippen LogP contribution in [0.15, 0.2) is 72.8 Å². The SMILES string of the molecule is O=C(NCC#Cc1ccccc1OC(F)F)OCC1c2ccccc2-c2ccccc21. The molecule has 6 heteroatoms. The van der Waals surface area contributed by atoms with E-state index in [2.05, 4.69) is 34.0 Å². The number of hydrogen-bond acceptors (Lipinski definition) is 3. The van der Waals surface area contributed by atoms with Gasteiger partial charge in [-0.3, -0.25) is 0 Å². The van der Waals surface area contributed by atoms with Gasteiger partial charge in [-0.1, -0.05) is 72.5 Å². The fourth-order valence-electron chi connectivity index (χ4n) is 3.67. The Labute approximate surface area is 178 Å². The quantitative estimate of drug-likeness (QED) is 0.580. The van der Waals surface area contributed by atoms with E-state index >= 15 is 0 Å². The minimum atomic E-state index is -2.93. The molecule has 0 aromatic heterocycles. The fourth-order valence-corrected chi connectivity index (χ4v) is 3.67. The molecule has 4 nitrogen and oxygen atoms in total. The molecule has 4 rings (SSSR count). The zero-order chi connectivity index (χ0) is 21.6. The number of hydrogen-bond donors (Lipinski definition) is 1. The monoisotopic (exact) mass is 419 g/mol. The van der Waals surface area contributed by atoms with Gasteiger partial charge in [0.15, 0.2) is 0 Å². The zero-order valence-electron chi connectivity index (χ0n) is 16.5. The predicted octanol–water partition coefficient (Wildman–Crippen LogP) is 5.18. The summed E-state index contributed by atoms with van der Waals surface area (Å²) in [5.41, 5.74) is 4.89. The molecule has 3 aromatic carbocycles. The van der Waals surface area contributed by atoms with Crippen LogP contribution in [0.25, 0.3) is 11.1 Å². The number of carbonyl (C=O) groups excluding carboxylic acids is 1. The van der Waals surface area contributed by atoms with Crippen molar-refractivity contribution in [1.82, 2.24) is 5.32 Å². The summed E-state index contributed by atoms with van der Waals surface area (Å²) in [6, 6.07) is 22.4. The van der Waals surface area contributed by atoms with Crippen LogP contribution in [0.5, 0.6) is 5.75 Å². The van der Waals surface area contributed by atoms with Crippen molar-refractivity contribution < 1.29 is 23.0 Å². The van der Waals surface area contributed by atoms with Gasteiger partial charge >= 0.3 is 12.7 Å². The van der Waals surface area contributed by atoms with Crippen LogP contribution in [0, 0.1) is 11.8 Å². The highest BCUT2D eigenvalue weighted by atomic mass is 19.3. The lowest BCUT2D eigenvalue weighted by atomic mass is 9.98. The number of rotatable bonds is 5. The van der Waals surface area contributed by atoms with Gasteiger partial charge in [-0.2, -0.15) is 8.78 Å². The first-order valence-electron chi connectivity index (χ1n) is 9.75. The molecule has 0 saturated heterocycles. The number of ether oxygens (including phenoxy) is 2. The third kappa shape index (κ3) is 4.67. The zero-order valence-corrected chi connectivity index (χ0v) is 16.5. The molecule has 1 aliphatic carbocycles. The molecule has 0 bridgehead atoms. The topological polar surface area (TPSA) is 47.6 Å². The van der Waals surface area contributed by atoms with Gasteiger partial charge in [0.05, 0.1) is 12.1 Å². The van der Waals surface area contributed by atoms with E-state index in [0.717, 1.165) is 22.3 Å². The molecule has 0 spiro atoms. The average Bonchev–Trinajstić information content (AvgIpc) is 3.10. The number of alkyl carbamates (subject to hydrolysis) is 1. The Morgan fingerprint density at radius 1 is 0.935 bits per heavy atom. The van der Waals surface area contributed by atoms with E-state index in [1.165, 1.54) is 6.07 Å². The van der Waals surface area contributed by atoms with Gasteiger partial charge in [0.2, 0.25) is 0 Å². The molecule has 0 aliphatic heterocycles. The van der Waals surface area contributed by atoms with E-state index in [1.54, 1.807) is 18.2 Å². The van der Waals surface area contributed by atoms with Crippen LogP contribution in [0.2, 0.25) is 0 Å². The van der Waals surface area contributed by atoms with Crippen molar-refractivity contribution >= 4 is 6.09 Å². The maximum absolute atomic E-state index is 12.4. The number of nitrogens with one attached hydrogen (secondary N) is 1. The van der Waals surface area contributed by atoms with E-state index < -0.39 is 12.7 Å². The lowest BCUT2D eigenvalue weighted by Gasteiger charge is -2.14. The molecule has 31 heavy (non-hydrogen) atoms. The normalized spacial score (nSPS) is 11.8. The number of carbonyl (C=O) groups is 1. The van der Waals surface area contributed by atoms with Crippen molar-refractivity contribution in [3.63, 3.8) is 0 Å². The number of halogens is 2. The van der Waals surface area contributed by atoms with Crippen LogP contribution in [0.1, 0.15) is 22.6 Å². The molecule has 0 heterocycles. The minimum Gasteiger partial charge on any atom is -0.449 e. The number of alkyl halides is 2. The van der Waals surface area contributed by atoms with Crippen LogP contribution in [0.4, 0.5) is 13.6 Å². The first-order valence-corrected chi connectivity index (χ1v) is 9.75. The fraction of sp³-hybridized carbons (Fsp3) is 0.160. The first-order chi connectivity index (χ1) is 15.1. The molecule has 0 saturated carbocycles. The Kier molecular flexibility index (Phi) is 6.13.